The smallest absolute Gasteiger partial charge is 0.0515 e. The Hall–Kier alpha value is -1.06. The van der Waals surface area contributed by atoms with E-state index in [9.17, 15) is 10.2 Å². The lowest BCUT2D eigenvalue weighted by molar-refractivity contribution is 0.0634. The average molecular weight is 193 g/mol. The summed E-state index contributed by atoms with van der Waals surface area (Å²) in [6.45, 7) is 0.0518. The highest BCUT2D eigenvalue weighted by Crippen LogP contribution is 2.37. The van der Waals surface area contributed by atoms with Gasteiger partial charge < -0.3 is 15.9 Å². The van der Waals surface area contributed by atoms with E-state index in [1.165, 1.54) is 5.56 Å². The predicted molar refractivity (Wildman–Crippen MR) is 54.9 cm³/mol. The van der Waals surface area contributed by atoms with E-state index in [1.807, 2.05) is 18.2 Å². The molecule has 3 nitrogen and oxygen atoms in total. The summed E-state index contributed by atoms with van der Waals surface area (Å²) in [5.74, 6) is 0. The van der Waals surface area contributed by atoms with Gasteiger partial charge in [-0.1, -0.05) is 6.07 Å². The molecular formula is C11H15NO2. The van der Waals surface area contributed by atoms with E-state index < -0.39 is 0 Å². The lowest BCUT2D eigenvalue weighted by Crippen LogP contribution is -2.30. The zero-order valence-electron chi connectivity index (χ0n) is 8.03. The summed E-state index contributed by atoms with van der Waals surface area (Å²) in [5.41, 5.74) is 8.41. The molecule has 0 saturated carbocycles. The number of hydrogen-bond acceptors (Lipinski definition) is 3. The van der Waals surface area contributed by atoms with Gasteiger partial charge in [-0.15, -0.1) is 0 Å². The van der Waals surface area contributed by atoms with Gasteiger partial charge in [0.15, 0.2) is 0 Å². The van der Waals surface area contributed by atoms with Crippen molar-refractivity contribution in [2.75, 3.05) is 18.9 Å². The van der Waals surface area contributed by atoms with Gasteiger partial charge in [0.05, 0.1) is 13.2 Å². The minimum Gasteiger partial charge on any atom is -0.399 e. The van der Waals surface area contributed by atoms with Crippen molar-refractivity contribution >= 4 is 5.69 Å². The lowest BCUT2D eigenvalue weighted by Gasteiger charge is -2.22. The number of fused-ring (bicyclic) bond motifs is 1. The molecule has 0 spiro atoms. The highest BCUT2D eigenvalue weighted by atomic mass is 16.3. The zero-order valence-corrected chi connectivity index (χ0v) is 8.03. The third kappa shape index (κ3) is 1.38. The first-order valence-electron chi connectivity index (χ1n) is 4.78. The Morgan fingerprint density at radius 3 is 2.43 bits per heavy atom. The molecule has 0 aromatic heterocycles. The van der Waals surface area contributed by atoms with Crippen LogP contribution < -0.4 is 5.73 Å². The van der Waals surface area contributed by atoms with Gasteiger partial charge in [0.2, 0.25) is 0 Å². The first-order chi connectivity index (χ1) is 6.69. The topological polar surface area (TPSA) is 66.5 Å². The number of aliphatic hydroxyl groups is 2. The summed E-state index contributed by atoms with van der Waals surface area (Å²) in [4.78, 5) is 0. The van der Waals surface area contributed by atoms with Gasteiger partial charge in [-0.25, -0.2) is 0 Å². The Kier molecular flexibility index (Phi) is 2.21. The second-order valence-electron chi connectivity index (χ2n) is 4.20. The van der Waals surface area contributed by atoms with Crippen LogP contribution in [-0.2, 0) is 12.8 Å². The molecule has 1 aliphatic carbocycles. The van der Waals surface area contributed by atoms with Crippen LogP contribution in [0.25, 0.3) is 0 Å². The fraction of sp³-hybridized carbons (Fsp3) is 0.455. The van der Waals surface area contributed by atoms with E-state index in [1.54, 1.807) is 0 Å². The molecule has 0 saturated heterocycles. The molecule has 4 N–H and O–H groups in total. The number of aliphatic hydroxyl groups excluding tert-OH is 2. The molecule has 0 unspecified atom stereocenters. The molecule has 2 rings (SSSR count). The van der Waals surface area contributed by atoms with Gasteiger partial charge in [0.25, 0.3) is 0 Å². The largest absolute Gasteiger partial charge is 0.399 e. The third-order valence-electron chi connectivity index (χ3n) is 3.03. The van der Waals surface area contributed by atoms with Crippen LogP contribution >= 0.6 is 0 Å². The molecule has 3 heteroatoms. The van der Waals surface area contributed by atoms with E-state index in [4.69, 9.17) is 5.73 Å². The van der Waals surface area contributed by atoms with Crippen LogP contribution in [0.15, 0.2) is 18.2 Å². The molecule has 0 radical (unpaired) electrons. The van der Waals surface area contributed by atoms with Crippen molar-refractivity contribution in [3.63, 3.8) is 0 Å². The van der Waals surface area contributed by atoms with E-state index in [-0.39, 0.29) is 18.6 Å². The SMILES string of the molecule is Nc1ccc2c(c1)CC(CO)(CO)C2. The van der Waals surface area contributed by atoms with Crippen LogP contribution in [0, 0.1) is 5.41 Å². The molecule has 0 amide bonds. The maximum absolute atomic E-state index is 9.27. The highest BCUT2D eigenvalue weighted by molar-refractivity contribution is 5.47. The van der Waals surface area contributed by atoms with Crippen LogP contribution in [0.5, 0.6) is 0 Å². The minimum absolute atomic E-state index is 0.0259. The van der Waals surface area contributed by atoms with E-state index in [0.717, 1.165) is 24.1 Å². The monoisotopic (exact) mass is 193 g/mol. The first kappa shape index (κ1) is 9.49. The quantitative estimate of drug-likeness (QED) is 0.593. The van der Waals surface area contributed by atoms with E-state index in [0.29, 0.717) is 0 Å². The molecule has 0 aliphatic heterocycles. The number of nitrogens with two attached hydrogens (primary N) is 1. The van der Waals surface area contributed by atoms with Crippen molar-refractivity contribution in [2.45, 2.75) is 12.8 Å². The first-order valence-corrected chi connectivity index (χ1v) is 4.78. The average Bonchev–Trinajstić information content (AvgIpc) is 2.56. The summed E-state index contributed by atoms with van der Waals surface area (Å²) >= 11 is 0. The molecule has 0 atom stereocenters. The van der Waals surface area contributed by atoms with Crippen LogP contribution in [0.4, 0.5) is 5.69 Å². The number of hydrogen-bond donors (Lipinski definition) is 3. The third-order valence-corrected chi connectivity index (χ3v) is 3.03. The Morgan fingerprint density at radius 1 is 1.14 bits per heavy atom. The Bertz CT molecular complexity index is 345. The predicted octanol–water partition coefficient (Wildman–Crippen LogP) is 0.338. The fourth-order valence-electron chi connectivity index (χ4n) is 2.13. The molecule has 0 heterocycles. The summed E-state index contributed by atoms with van der Waals surface area (Å²) < 4.78 is 0. The summed E-state index contributed by atoms with van der Waals surface area (Å²) in [5, 5.41) is 18.5. The second kappa shape index (κ2) is 3.26. The molecule has 1 aromatic carbocycles. The maximum atomic E-state index is 9.27. The highest BCUT2D eigenvalue weighted by Gasteiger charge is 2.36. The van der Waals surface area contributed by atoms with Gasteiger partial charge in [-0.05, 0) is 36.1 Å². The number of anilines is 1. The molecule has 1 aliphatic rings. The van der Waals surface area contributed by atoms with Crippen LogP contribution in [0.3, 0.4) is 0 Å². The number of rotatable bonds is 2. The second-order valence-corrected chi connectivity index (χ2v) is 4.20. The van der Waals surface area contributed by atoms with Gasteiger partial charge in [-0.3, -0.25) is 0 Å². The normalized spacial score (nSPS) is 18.1. The maximum Gasteiger partial charge on any atom is 0.0515 e. The van der Waals surface area contributed by atoms with Crippen LogP contribution in [0.2, 0.25) is 0 Å². The zero-order chi connectivity index (χ0) is 10.2. The van der Waals surface area contributed by atoms with E-state index in [2.05, 4.69) is 0 Å². The van der Waals surface area contributed by atoms with Gasteiger partial charge >= 0.3 is 0 Å². The van der Waals surface area contributed by atoms with Crippen molar-refractivity contribution in [1.29, 1.82) is 0 Å². The molecule has 0 fully saturated rings. The Balaban J connectivity index is 2.33. The van der Waals surface area contributed by atoms with Crippen molar-refractivity contribution < 1.29 is 10.2 Å². The summed E-state index contributed by atoms with van der Waals surface area (Å²) in [7, 11) is 0. The minimum atomic E-state index is -0.365. The van der Waals surface area contributed by atoms with Gasteiger partial charge in [0.1, 0.15) is 0 Å². The fourth-order valence-corrected chi connectivity index (χ4v) is 2.13. The standard InChI is InChI=1S/C11H15NO2/c12-10-2-1-8-4-11(6-13,7-14)5-9(8)3-10/h1-3,13-14H,4-7,12H2. The van der Waals surface area contributed by atoms with Crippen LogP contribution in [0.1, 0.15) is 11.1 Å². The van der Waals surface area contributed by atoms with Crippen LogP contribution in [-0.4, -0.2) is 23.4 Å². The molecular weight excluding hydrogens is 178 g/mol. The lowest BCUT2D eigenvalue weighted by atomic mass is 9.87. The molecule has 0 bridgehead atoms. The Labute approximate surface area is 83.2 Å². The molecule has 14 heavy (non-hydrogen) atoms. The van der Waals surface area contributed by atoms with Crippen molar-refractivity contribution in [3.05, 3.63) is 29.3 Å². The Morgan fingerprint density at radius 2 is 1.79 bits per heavy atom. The summed E-state index contributed by atoms with van der Waals surface area (Å²) in [6, 6.07) is 5.78. The van der Waals surface area contributed by atoms with Crippen molar-refractivity contribution in [3.8, 4) is 0 Å². The number of nitrogen functional groups attached to an aromatic ring is 1. The number of benzene rings is 1. The molecule has 1 aromatic rings. The van der Waals surface area contributed by atoms with E-state index >= 15 is 0 Å². The van der Waals surface area contributed by atoms with Gasteiger partial charge in [-0.2, -0.15) is 0 Å². The van der Waals surface area contributed by atoms with Gasteiger partial charge in [0, 0.05) is 11.1 Å². The summed E-state index contributed by atoms with van der Waals surface area (Å²) in [6.07, 6.45) is 1.47. The molecule has 76 valence electrons. The van der Waals surface area contributed by atoms with Crippen molar-refractivity contribution in [2.24, 2.45) is 5.41 Å². The van der Waals surface area contributed by atoms with Crippen molar-refractivity contribution in [1.82, 2.24) is 0 Å².